The van der Waals surface area contributed by atoms with E-state index < -0.39 is 0 Å². The largest absolute Gasteiger partial charge is 0.388 e. The molecule has 1 aromatic rings. The molecule has 0 bridgehead atoms. The molecule has 2 amide bonds. The summed E-state index contributed by atoms with van der Waals surface area (Å²) in [4.78, 5) is 23.6. The molecule has 0 atom stereocenters. The van der Waals surface area contributed by atoms with E-state index in [1.807, 2.05) is 40.0 Å². The number of carbonyl (C=O) groups excluding carboxylic acids is 2. The Kier molecular flexibility index (Phi) is 6.72. The van der Waals surface area contributed by atoms with Gasteiger partial charge in [-0.2, -0.15) is 0 Å². The van der Waals surface area contributed by atoms with E-state index in [0.717, 1.165) is 11.3 Å². The van der Waals surface area contributed by atoms with Crippen LogP contribution in [0.1, 0.15) is 36.2 Å². The monoisotopic (exact) mass is 291 g/mol. The van der Waals surface area contributed by atoms with Crippen LogP contribution in [0.4, 0.5) is 5.69 Å². The Morgan fingerprint density at radius 3 is 2.48 bits per heavy atom. The molecule has 0 fully saturated rings. The van der Waals surface area contributed by atoms with Crippen molar-refractivity contribution >= 4 is 17.5 Å². The zero-order chi connectivity index (χ0) is 15.8. The lowest BCUT2D eigenvalue weighted by Crippen LogP contribution is -2.32. The maximum atomic E-state index is 12.0. The minimum atomic E-state index is -0.146. The van der Waals surface area contributed by atoms with Crippen LogP contribution < -0.4 is 16.0 Å². The van der Waals surface area contributed by atoms with Crippen LogP contribution in [0.3, 0.4) is 0 Å². The quantitative estimate of drug-likeness (QED) is 0.719. The van der Waals surface area contributed by atoms with Crippen molar-refractivity contribution in [3.05, 3.63) is 29.3 Å². The van der Waals surface area contributed by atoms with Crippen molar-refractivity contribution in [2.24, 2.45) is 5.92 Å². The van der Waals surface area contributed by atoms with Gasteiger partial charge in [0.1, 0.15) is 0 Å². The van der Waals surface area contributed by atoms with Crippen LogP contribution in [0.25, 0.3) is 0 Å². The highest BCUT2D eigenvalue weighted by Gasteiger charge is 2.09. The average Bonchev–Trinajstić information content (AvgIpc) is 2.44. The summed E-state index contributed by atoms with van der Waals surface area (Å²) < 4.78 is 0. The molecule has 0 saturated carbocycles. The predicted molar refractivity (Wildman–Crippen MR) is 85.5 cm³/mol. The molecule has 21 heavy (non-hydrogen) atoms. The van der Waals surface area contributed by atoms with Gasteiger partial charge >= 0.3 is 0 Å². The highest BCUT2D eigenvalue weighted by Crippen LogP contribution is 2.14. The van der Waals surface area contributed by atoms with Gasteiger partial charge in [-0.25, -0.2) is 0 Å². The van der Waals surface area contributed by atoms with E-state index >= 15 is 0 Å². The molecule has 5 heteroatoms. The van der Waals surface area contributed by atoms with E-state index in [1.165, 1.54) is 0 Å². The summed E-state index contributed by atoms with van der Waals surface area (Å²) in [7, 11) is 1.84. The summed E-state index contributed by atoms with van der Waals surface area (Å²) in [5.41, 5.74) is 2.51. The van der Waals surface area contributed by atoms with Crippen molar-refractivity contribution in [3.63, 3.8) is 0 Å². The second kappa shape index (κ2) is 8.29. The number of rotatable bonds is 7. The first-order valence-corrected chi connectivity index (χ1v) is 7.27. The maximum Gasteiger partial charge on any atom is 0.251 e. The Hall–Kier alpha value is -2.04. The Bertz CT molecular complexity index is 498. The molecule has 5 nitrogen and oxygen atoms in total. The second-order valence-corrected chi connectivity index (χ2v) is 5.48. The number of carbonyl (C=O) groups is 2. The number of amides is 2. The van der Waals surface area contributed by atoms with Gasteiger partial charge in [-0.15, -0.1) is 0 Å². The molecule has 0 aromatic heterocycles. The van der Waals surface area contributed by atoms with Crippen molar-refractivity contribution < 1.29 is 9.59 Å². The first-order chi connectivity index (χ1) is 9.93. The van der Waals surface area contributed by atoms with Crippen molar-refractivity contribution in [2.75, 3.05) is 25.5 Å². The predicted octanol–water partition coefficient (Wildman–Crippen LogP) is 1.93. The Labute approximate surface area is 126 Å². The highest BCUT2D eigenvalue weighted by atomic mass is 16.2. The van der Waals surface area contributed by atoms with Crippen LogP contribution in [0.5, 0.6) is 0 Å². The van der Waals surface area contributed by atoms with Gasteiger partial charge in [0.25, 0.3) is 5.91 Å². The molecular weight excluding hydrogens is 266 g/mol. The van der Waals surface area contributed by atoms with Gasteiger partial charge in [-0.3, -0.25) is 9.59 Å². The van der Waals surface area contributed by atoms with Crippen molar-refractivity contribution in [1.82, 2.24) is 10.6 Å². The topological polar surface area (TPSA) is 70.2 Å². The molecule has 116 valence electrons. The molecule has 0 aliphatic heterocycles. The minimum Gasteiger partial charge on any atom is -0.388 e. The van der Waals surface area contributed by atoms with Crippen molar-refractivity contribution in [2.45, 2.75) is 27.2 Å². The van der Waals surface area contributed by atoms with E-state index in [1.54, 1.807) is 6.07 Å². The van der Waals surface area contributed by atoms with Crippen LogP contribution >= 0.6 is 0 Å². The number of hydrogen-bond donors (Lipinski definition) is 3. The van der Waals surface area contributed by atoms with Gasteiger partial charge in [0, 0.05) is 37.8 Å². The first-order valence-electron chi connectivity index (χ1n) is 7.27. The van der Waals surface area contributed by atoms with Crippen molar-refractivity contribution in [1.29, 1.82) is 0 Å². The molecule has 0 saturated heterocycles. The summed E-state index contributed by atoms with van der Waals surface area (Å²) in [5.74, 6) is 0.245. The van der Waals surface area contributed by atoms with Crippen LogP contribution in [-0.2, 0) is 4.79 Å². The van der Waals surface area contributed by atoms with Gasteiger partial charge in [0.05, 0.1) is 0 Å². The number of anilines is 1. The zero-order valence-electron chi connectivity index (χ0n) is 13.2. The van der Waals surface area contributed by atoms with Gasteiger partial charge < -0.3 is 16.0 Å². The Morgan fingerprint density at radius 2 is 1.90 bits per heavy atom. The fraction of sp³-hybridized carbons (Fsp3) is 0.500. The lowest BCUT2D eigenvalue weighted by Gasteiger charge is -2.10. The molecule has 0 heterocycles. The van der Waals surface area contributed by atoms with Crippen molar-refractivity contribution in [3.8, 4) is 0 Å². The third-order valence-corrected chi connectivity index (χ3v) is 3.10. The summed E-state index contributed by atoms with van der Waals surface area (Å²) in [5, 5.41) is 8.63. The molecule has 0 spiro atoms. The molecule has 0 unspecified atom stereocenters. The second-order valence-electron chi connectivity index (χ2n) is 5.48. The third kappa shape index (κ3) is 5.85. The lowest BCUT2D eigenvalue weighted by molar-refractivity contribution is -0.121. The normalized spacial score (nSPS) is 10.3. The zero-order valence-corrected chi connectivity index (χ0v) is 13.2. The van der Waals surface area contributed by atoms with E-state index in [-0.39, 0.29) is 11.8 Å². The van der Waals surface area contributed by atoms with E-state index in [9.17, 15) is 9.59 Å². The maximum absolute atomic E-state index is 12.0. The van der Waals surface area contributed by atoms with Gasteiger partial charge in [0.15, 0.2) is 0 Å². The third-order valence-electron chi connectivity index (χ3n) is 3.10. The Balaban J connectivity index is 2.42. The van der Waals surface area contributed by atoms with Crippen LogP contribution in [-0.4, -0.2) is 32.0 Å². The molecule has 3 N–H and O–H groups in total. The molecule has 0 radical (unpaired) electrons. The molecule has 1 rings (SSSR count). The molecule has 0 aliphatic rings. The standard InChI is InChI=1S/C16H25N3O2/c1-11(2)10-19-15(20)7-8-18-16(21)14-6-5-13(17-4)9-12(14)3/h5-6,9,11,17H,7-8,10H2,1-4H3,(H,18,21)(H,19,20). The van der Waals surface area contributed by atoms with E-state index in [2.05, 4.69) is 16.0 Å². The van der Waals surface area contributed by atoms with E-state index in [4.69, 9.17) is 0 Å². The summed E-state index contributed by atoms with van der Waals surface area (Å²) in [6, 6.07) is 5.57. The SMILES string of the molecule is CNc1ccc(C(=O)NCCC(=O)NCC(C)C)c(C)c1. The fourth-order valence-electron chi connectivity index (χ4n) is 1.87. The first kappa shape index (κ1) is 17.0. The van der Waals surface area contributed by atoms with Gasteiger partial charge in [0.2, 0.25) is 5.91 Å². The van der Waals surface area contributed by atoms with Gasteiger partial charge in [-0.1, -0.05) is 13.8 Å². The Morgan fingerprint density at radius 1 is 1.19 bits per heavy atom. The van der Waals surface area contributed by atoms with Crippen LogP contribution in [0.2, 0.25) is 0 Å². The fourth-order valence-corrected chi connectivity index (χ4v) is 1.87. The van der Waals surface area contributed by atoms with E-state index in [0.29, 0.717) is 31.0 Å². The summed E-state index contributed by atoms with van der Waals surface area (Å²) >= 11 is 0. The van der Waals surface area contributed by atoms with Gasteiger partial charge in [-0.05, 0) is 36.6 Å². The minimum absolute atomic E-state index is 0.0359. The molecule has 1 aromatic carbocycles. The summed E-state index contributed by atoms with van der Waals surface area (Å²) in [6.07, 6.45) is 0.298. The van der Waals surface area contributed by atoms with Crippen LogP contribution in [0.15, 0.2) is 18.2 Å². The molecular formula is C16H25N3O2. The number of nitrogens with one attached hydrogen (secondary N) is 3. The number of aryl methyl sites for hydroxylation is 1. The lowest BCUT2D eigenvalue weighted by atomic mass is 10.1. The smallest absolute Gasteiger partial charge is 0.251 e. The highest BCUT2D eigenvalue weighted by molar-refractivity contribution is 5.96. The van der Waals surface area contributed by atoms with Crippen LogP contribution in [0, 0.1) is 12.8 Å². The number of benzene rings is 1. The number of hydrogen-bond acceptors (Lipinski definition) is 3. The molecule has 0 aliphatic carbocycles. The average molecular weight is 291 g/mol. The summed E-state index contributed by atoms with van der Waals surface area (Å²) in [6.45, 7) is 6.98.